The maximum Gasteiger partial charge on any atom is 0.177 e. The van der Waals surface area contributed by atoms with Crippen LogP contribution in [0.2, 0.25) is 0 Å². The number of hydrogen-bond donors (Lipinski definition) is 1. The molecule has 0 amide bonds. The predicted molar refractivity (Wildman–Crippen MR) is 89.3 cm³/mol. The van der Waals surface area contributed by atoms with Gasteiger partial charge >= 0.3 is 0 Å². The zero-order valence-electron chi connectivity index (χ0n) is 11.3. The van der Waals surface area contributed by atoms with Gasteiger partial charge in [0.05, 0.1) is 11.9 Å². The van der Waals surface area contributed by atoms with E-state index in [2.05, 4.69) is 0 Å². The van der Waals surface area contributed by atoms with Crippen LogP contribution in [0.15, 0.2) is 54.6 Å². The van der Waals surface area contributed by atoms with Crippen LogP contribution in [0.1, 0.15) is 16.4 Å². The van der Waals surface area contributed by atoms with Crippen LogP contribution in [0.25, 0.3) is 10.1 Å². The molecule has 0 spiro atoms. The largest absolute Gasteiger partial charge is 0.395 e. The Morgan fingerprint density at radius 2 is 1.90 bits per heavy atom. The molecule has 3 aromatic rings. The van der Waals surface area contributed by atoms with E-state index in [4.69, 9.17) is 0 Å². The maximum absolute atomic E-state index is 13.2. The quantitative estimate of drug-likeness (QED) is 0.714. The van der Waals surface area contributed by atoms with E-state index < -0.39 is 0 Å². The lowest BCUT2D eigenvalue weighted by Crippen LogP contribution is -2.00. The Morgan fingerprint density at radius 1 is 1.10 bits per heavy atom. The molecule has 4 heteroatoms. The highest BCUT2D eigenvalue weighted by atomic mass is 32.2. The van der Waals surface area contributed by atoms with Crippen molar-refractivity contribution in [2.45, 2.75) is 11.0 Å². The van der Waals surface area contributed by atoms with Gasteiger partial charge in [-0.05, 0) is 34.7 Å². The lowest BCUT2D eigenvalue weighted by atomic mass is 10.1. The molecule has 1 N–H and O–H groups in total. The molecule has 0 aliphatic heterocycles. The second-order valence-electron chi connectivity index (χ2n) is 4.82. The first-order valence-corrected chi connectivity index (χ1v) is 8.58. The van der Waals surface area contributed by atoms with Gasteiger partial charge in [-0.3, -0.25) is 0 Å². The Hall–Kier alpha value is -1.36. The second-order valence-corrected chi connectivity index (χ2v) is 7.04. The summed E-state index contributed by atoms with van der Waals surface area (Å²) >= 11 is 2.88. The minimum Gasteiger partial charge on any atom is -0.395 e. The summed E-state index contributed by atoms with van der Waals surface area (Å²) in [5.74, 6) is 0.799. The van der Waals surface area contributed by atoms with Gasteiger partial charge in [-0.2, -0.15) is 4.39 Å². The lowest BCUT2D eigenvalue weighted by Gasteiger charge is -2.14. The van der Waals surface area contributed by atoms with Crippen molar-refractivity contribution in [3.05, 3.63) is 70.9 Å². The van der Waals surface area contributed by atoms with Crippen molar-refractivity contribution in [2.75, 3.05) is 6.61 Å². The van der Waals surface area contributed by atoms with Gasteiger partial charge in [0.2, 0.25) is 0 Å². The van der Waals surface area contributed by atoms with Crippen molar-refractivity contribution in [2.24, 2.45) is 0 Å². The average molecular weight is 318 g/mol. The first-order valence-electron chi connectivity index (χ1n) is 6.71. The number of aliphatic hydroxyl groups is 1. The van der Waals surface area contributed by atoms with Gasteiger partial charge in [0.1, 0.15) is 0 Å². The standard InChI is InChI=1S/C17H15FOS2/c18-17-9-14-8-12(6-7-15(14)21-17)11-20-16(10-19)13-4-2-1-3-5-13/h1-9,16,19H,10-11H2/t16-/m0/s1. The van der Waals surface area contributed by atoms with Crippen molar-refractivity contribution < 1.29 is 9.50 Å². The highest BCUT2D eigenvalue weighted by Gasteiger charge is 2.11. The number of rotatable bonds is 5. The molecule has 0 saturated heterocycles. The fourth-order valence-corrected chi connectivity index (χ4v) is 4.07. The zero-order valence-corrected chi connectivity index (χ0v) is 13.0. The van der Waals surface area contributed by atoms with Crippen LogP contribution in [0, 0.1) is 5.13 Å². The summed E-state index contributed by atoms with van der Waals surface area (Å²) in [7, 11) is 0. The molecule has 0 saturated carbocycles. The molecule has 0 bridgehead atoms. The van der Waals surface area contributed by atoms with Crippen LogP contribution >= 0.6 is 23.1 Å². The molecule has 1 atom stereocenters. The number of aliphatic hydroxyl groups excluding tert-OH is 1. The molecule has 21 heavy (non-hydrogen) atoms. The van der Waals surface area contributed by atoms with E-state index >= 15 is 0 Å². The number of benzene rings is 2. The highest BCUT2D eigenvalue weighted by Crippen LogP contribution is 2.32. The molecule has 2 aromatic carbocycles. The van der Waals surface area contributed by atoms with E-state index in [1.807, 2.05) is 48.5 Å². The zero-order chi connectivity index (χ0) is 14.7. The van der Waals surface area contributed by atoms with Gasteiger partial charge in [0, 0.05) is 10.5 Å². The lowest BCUT2D eigenvalue weighted by molar-refractivity contribution is 0.296. The molecule has 108 valence electrons. The summed E-state index contributed by atoms with van der Waals surface area (Å²) in [5.41, 5.74) is 2.28. The van der Waals surface area contributed by atoms with E-state index in [1.165, 1.54) is 11.3 Å². The van der Waals surface area contributed by atoms with Gasteiger partial charge in [-0.25, -0.2) is 0 Å². The Labute approximate surface area is 131 Å². The van der Waals surface area contributed by atoms with E-state index in [0.717, 1.165) is 27.0 Å². The van der Waals surface area contributed by atoms with Crippen LogP contribution in [0.5, 0.6) is 0 Å². The molecular weight excluding hydrogens is 303 g/mol. The first kappa shape index (κ1) is 14.6. The third-order valence-corrected chi connectivity index (χ3v) is 5.57. The van der Waals surface area contributed by atoms with Gasteiger partial charge in [-0.15, -0.1) is 23.1 Å². The number of halogens is 1. The SMILES string of the molecule is OC[C@H](SCc1ccc2sc(F)cc2c1)c1ccccc1. The maximum atomic E-state index is 13.2. The summed E-state index contributed by atoms with van der Waals surface area (Å²) in [6.45, 7) is 0.115. The number of fused-ring (bicyclic) bond motifs is 1. The fourth-order valence-electron chi connectivity index (χ4n) is 2.27. The Balaban J connectivity index is 1.72. The van der Waals surface area contributed by atoms with Crippen molar-refractivity contribution in [3.8, 4) is 0 Å². The fraction of sp³-hybridized carbons (Fsp3) is 0.176. The van der Waals surface area contributed by atoms with Crippen LogP contribution in [-0.4, -0.2) is 11.7 Å². The van der Waals surface area contributed by atoms with Crippen molar-refractivity contribution >= 4 is 33.2 Å². The molecule has 0 aliphatic carbocycles. The molecule has 3 rings (SSSR count). The second kappa shape index (κ2) is 6.60. The Bertz CT molecular complexity index is 724. The van der Waals surface area contributed by atoms with Crippen LogP contribution in [-0.2, 0) is 5.75 Å². The van der Waals surface area contributed by atoms with E-state index in [0.29, 0.717) is 0 Å². The van der Waals surface area contributed by atoms with Crippen LogP contribution < -0.4 is 0 Å². The van der Waals surface area contributed by atoms with Crippen LogP contribution in [0.3, 0.4) is 0 Å². The summed E-state index contributed by atoms with van der Waals surface area (Å²) in [6.07, 6.45) is 0. The number of thioether (sulfide) groups is 1. The Kier molecular flexibility index (Phi) is 4.58. The van der Waals surface area contributed by atoms with Gasteiger partial charge in [0.25, 0.3) is 0 Å². The molecule has 0 fully saturated rings. The third-order valence-electron chi connectivity index (χ3n) is 3.34. The average Bonchev–Trinajstić information content (AvgIpc) is 2.88. The van der Waals surface area contributed by atoms with Crippen LogP contribution in [0.4, 0.5) is 4.39 Å². The molecule has 1 aromatic heterocycles. The molecular formula is C17H15FOS2. The van der Waals surface area contributed by atoms with Crippen molar-refractivity contribution in [1.29, 1.82) is 0 Å². The minimum atomic E-state index is -0.146. The first-order chi connectivity index (χ1) is 10.3. The summed E-state index contributed by atoms with van der Waals surface area (Å²) < 4.78 is 14.2. The van der Waals surface area contributed by atoms with Crippen molar-refractivity contribution in [3.63, 3.8) is 0 Å². The smallest absolute Gasteiger partial charge is 0.177 e. The van der Waals surface area contributed by atoms with E-state index in [9.17, 15) is 9.50 Å². The molecule has 0 unspecified atom stereocenters. The number of thiophene rings is 1. The minimum absolute atomic E-state index is 0.0705. The normalized spacial score (nSPS) is 12.7. The highest BCUT2D eigenvalue weighted by molar-refractivity contribution is 7.98. The summed E-state index contributed by atoms with van der Waals surface area (Å²) in [5, 5.41) is 10.4. The topological polar surface area (TPSA) is 20.2 Å². The molecule has 0 radical (unpaired) electrons. The summed E-state index contributed by atoms with van der Waals surface area (Å²) in [6, 6.07) is 17.6. The van der Waals surface area contributed by atoms with Gasteiger partial charge in [-0.1, -0.05) is 36.4 Å². The van der Waals surface area contributed by atoms with E-state index in [-0.39, 0.29) is 17.0 Å². The predicted octanol–water partition coefficient (Wildman–Crippen LogP) is 5.01. The van der Waals surface area contributed by atoms with Crippen molar-refractivity contribution in [1.82, 2.24) is 0 Å². The Morgan fingerprint density at radius 3 is 2.67 bits per heavy atom. The molecule has 1 heterocycles. The molecule has 1 nitrogen and oxygen atoms in total. The third kappa shape index (κ3) is 3.46. The number of hydrogen-bond acceptors (Lipinski definition) is 3. The monoisotopic (exact) mass is 318 g/mol. The van der Waals surface area contributed by atoms with Gasteiger partial charge < -0.3 is 5.11 Å². The summed E-state index contributed by atoms with van der Waals surface area (Å²) in [4.78, 5) is 0. The van der Waals surface area contributed by atoms with E-state index in [1.54, 1.807) is 17.8 Å². The molecule has 0 aliphatic rings. The van der Waals surface area contributed by atoms with Gasteiger partial charge in [0.15, 0.2) is 5.13 Å².